The summed E-state index contributed by atoms with van der Waals surface area (Å²) >= 11 is 0. The van der Waals surface area contributed by atoms with Crippen molar-refractivity contribution in [3.05, 3.63) is 71.3 Å². The third kappa shape index (κ3) is 3.44. The summed E-state index contributed by atoms with van der Waals surface area (Å²) in [7, 11) is 0. The van der Waals surface area contributed by atoms with Gasteiger partial charge in [-0.1, -0.05) is 52.8 Å². The molecule has 1 atom stereocenters. The van der Waals surface area contributed by atoms with Crippen LogP contribution in [0, 0.1) is 5.41 Å². The van der Waals surface area contributed by atoms with E-state index in [-0.39, 0.29) is 11.4 Å². The summed E-state index contributed by atoms with van der Waals surface area (Å²) in [6, 6.07) is 12.2. The van der Waals surface area contributed by atoms with Gasteiger partial charge in [-0.05, 0) is 35.7 Å². The van der Waals surface area contributed by atoms with Gasteiger partial charge in [0.2, 0.25) is 0 Å². The monoisotopic (exact) mass is 378 g/mol. The number of pyridine rings is 1. The molecule has 1 amide bonds. The van der Waals surface area contributed by atoms with E-state index in [1.165, 1.54) is 4.90 Å². The zero-order chi connectivity index (χ0) is 20.6. The van der Waals surface area contributed by atoms with E-state index in [1.54, 1.807) is 45.2 Å². The number of benzene rings is 1. The Morgan fingerprint density at radius 3 is 2.25 bits per heavy atom. The Morgan fingerprint density at radius 1 is 1.11 bits per heavy atom. The third-order valence-electron chi connectivity index (χ3n) is 4.94. The zero-order valence-corrected chi connectivity index (χ0v) is 16.9. The lowest BCUT2D eigenvalue weighted by Crippen LogP contribution is -2.33. The molecule has 0 saturated heterocycles. The fourth-order valence-electron chi connectivity index (χ4n) is 3.34. The van der Waals surface area contributed by atoms with E-state index in [0.29, 0.717) is 17.3 Å². The van der Waals surface area contributed by atoms with Crippen LogP contribution in [0.1, 0.15) is 57.8 Å². The van der Waals surface area contributed by atoms with Crippen LogP contribution in [0.3, 0.4) is 0 Å². The normalized spacial score (nSPS) is 17.6. The maximum atomic E-state index is 13.1. The molecule has 1 aliphatic heterocycles. The van der Waals surface area contributed by atoms with Gasteiger partial charge < -0.3 is 5.11 Å². The summed E-state index contributed by atoms with van der Waals surface area (Å²) in [5.74, 6) is -0.987. The van der Waals surface area contributed by atoms with Gasteiger partial charge in [0, 0.05) is 17.3 Å². The molecule has 0 spiro atoms. The lowest BCUT2D eigenvalue weighted by atomic mass is 9.83. The molecule has 5 nitrogen and oxygen atoms in total. The van der Waals surface area contributed by atoms with Gasteiger partial charge in [-0.15, -0.1) is 0 Å². The predicted molar refractivity (Wildman–Crippen MR) is 109 cm³/mol. The van der Waals surface area contributed by atoms with Crippen molar-refractivity contribution in [3.8, 4) is 0 Å². The van der Waals surface area contributed by atoms with Crippen LogP contribution in [0.5, 0.6) is 0 Å². The number of carbonyl (C=O) groups excluding carboxylic acids is 2. The van der Waals surface area contributed by atoms with Crippen LogP contribution in [-0.2, 0) is 9.59 Å². The molecule has 0 fully saturated rings. The van der Waals surface area contributed by atoms with Crippen molar-refractivity contribution in [2.24, 2.45) is 5.41 Å². The quantitative estimate of drug-likeness (QED) is 0.836. The average molecular weight is 378 g/mol. The summed E-state index contributed by atoms with van der Waals surface area (Å²) < 4.78 is 0. The number of aliphatic hydroxyl groups is 1. The minimum absolute atomic E-state index is 0.101. The first-order valence-electron chi connectivity index (χ1n) is 9.45. The molecule has 2 heterocycles. The van der Waals surface area contributed by atoms with Crippen molar-refractivity contribution < 1.29 is 14.7 Å². The predicted octanol–water partition coefficient (Wildman–Crippen LogP) is 4.72. The van der Waals surface area contributed by atoms with Gasteiger partial charge in [-0.2, -0.15) is 0 Å². The van der Waals surface area contributed by atoms with E-state index in [1.807, 2.05) is 24.3 Å². The summed E-state index contributed by atoms with van der Waals surface area (Å²) in [6.45, 7) is 9.52. The van der Waals surface area contributed by atoms with Crippen LogP contribution >= 0.6 is 0 Å². The molecule has 0 radical (unpaired) electrons. The van der Waals surface area contributed by atoms with Crippen molar-refractivity contribution in [1.29, 1.82) is 0 Å². The highest BCUT2D eigenvalue weighted by atomic mass is 16.3. The van der Waals surface area contributed by atoms with Crippen molar-refractivity contribution in [1.82, 2.24) is 4.98 Å². The molecule has 1 aromatic carbocycles. The first kappa shape index (κ1) is 19.8. The first-order valence-corrected chi connectivity index (χ1v) is 9.45. The van der Waals surface area contributed by atoms with Gasteiger partial charge in [-0.3, -0.25) is 19.5 Å². The number of ketones is 1. The van der Waals surface area contributed by atoms with E-state index in [2.05, 4.69) is 18.8 Å². The minimum Gasteiger partial charge on any atom is -0.503 e. The van der Waals surface area contributed by atoms with Crippen molar-refractivity contribution in [3.63, 3.8) is 0 Å². The summed E-state index contributed by atoms with van der Waals surface area (Å²) in [4.78, 5) is 31.9. The zero-order valence-electron chi connectivity index (χ0n) is 16.9. The van der Waals surface area contributed by atoms with Crippen LogP contribution in [0.25, 0.3) is 0 Å². The highest BCUT2D eigenvalue weighted by Gasteiger charge is 2.47. The van der Waals surface area contributed by atoms with Crippen molar-refractivity contribution in [2.45, 2.75) is 46.6 Å². The standard InChI is InChI=1S/C23H26N2O3/c1-14(2)15-9-11-16(12-10-15)25-19(17-8-6-7-13-24-17)18(20(26)22(25)28)21(27)23(3,4)5/h6-14,19,26H,1-5H3. The van der Waals surface area contributed by atoms with Gasteiger partial charge >= 0.3 is 0 Å². The second-order valence-corrected chi connectivity index (χ2v) is 8.42. The van der Waals surface area contributed by atoms with Crippen molar-refractivity contribution >= 4 is 17.4 Å². The molecule has 0 aliphatic carbocycles. The largest absolute Gasteiger partial charge is 0.503 e. The number of anilines is 1. The molecule has 5 heteroatoms. The third-order valence-corrected chi connectivity index (χ3v) is 4.94. The van der Waals surface area contributed by atoms with Crippen molar-refractivity contribution in [2.75, 3.05) is 4.90 Å². The summed E-state index contributed by atoms with van der Waals surface area (Å²) in [5, 5.41) is 10.6. The van der Waals surface area contributed by atoms with Gasteiger partial charge in [0.25, 0.3) is 5.91 Å². The Labute approximate surface area is 165 Å². The smallest absolute Gasteiger partial charge is 0.294 e. The number of carbonyl (C=O) groups is 2. The number of rotatable bonds is 4. The molecule has 28 heavy (non-hydrogen) atoms. The van der Waals surface area contributed by atoms with Gasteiger partial charge in [-0.25, -0.2) is 0 Å². The fourth-order valence-corrected chi connectivity index (χ4v) is 3.34. The van der Waals surface area contributed by atoms with Crippen LogP contribution < -0.4 is 4.90 Å². The van der Waals surface area contributed by atoms with Crippen LogP contribution in [0.2, 0.25) is 0 Å². The van der Waals surface area contributed by atoms with Gasteiger partial charge in [0.15, 0.2) is 11.5 Å². The molecule has 0 saturated carbocycles. The Kier molecular flexibility index (Phi) is 5.11. The Bertz CT molecular complexity index is 923. The van der Waals surface area contributed by atoms with E-state index in [0.717, 1.165) is 5.56 Å². The maximum absolute atomic E-state index is 13.1. The summed E-state index contributed by atoms with van der Waals surface area (Å²) in [5.41, 5.74) is 1.67. The Hall–Kier alpha value is -2.95. The molecule has 146 valence electrons. The number of aromatic nitrogens is 1. The second-order valence-electron chi connectivity index (χ2n) is 8.42. The average Bonchev–Trinajstić information content (AvgIpc) is 2.92. The van der Waals surface area contributed by atoms with Crippen LogP contribution in [-0.4, -0.2) is 21.8 Å². The fraction of sp³-hybridized carbons (Fsp3) is 0.348. The number of nitrogens with zero attached hydrogens (tertiary/aromatic N) is 2. The topological polar surface area (TPSA) is 70.5 Å². The highest BCUT2D eigenvalue weighted by molar-refractivity contribution is 6.17. The lowest BCUT2D eigenvalue weighted by Gasteiger charge is -2.28. The lowest BCUT2D eigenvalue weighted by molar-refractivity contribution is -0.123. The summed E-state index contributed by atoms with van der Waals surface area (Å²) in [6.07, 6.45) is 1.62. The number of hydrogen-bond acceptors (Lipinski definition) is 4. The highest BCUT2D eigenvalue weighted by Crippen LogP contribution is 2.42. The minimum atomic E-state index is -0.759. The molecule has 3 rings (SSSR count). The molecule has 1 unspecified atom stereocenters. The number of amides is 1. The molecule has 1 N–H and O–H groups in total. The molecular formula is C23H26N2O3. The SMILES string of the molecule is CC(C)c1ccc(N2C(=O)C(O)=C(C(=O)C(C)(C)C)C2c2ccccn2)cc1. The first-order chi connectivity index (χ1) is 13.1. The second kappa shape index (κ2) is 7.23. The van der Waals surface area contributed by atoms with E-state index >= 15 is 0 Å². The molecule has 1 aromatic heterocycles. The van der Waals surface area contributed by atoms with Gasteiger partial charge in [0.1, 0.15) is 6.04 Å². The molecular weight excluding hydrogens is 352 g/mol. The van der Waals surface area contributed by atoms with Gasteiger partial charge in [0.05, 0.1) is 11.3 Å². The molecule has 0 bridgehead atoms. The van der Waals surface area contributed by atoms with E-state index in [9.17, 15) is 14.7 Å². The maximum Gasteiger partial charge on any atom is 0.294 e. The van der Waals surface area contributed by atoms with E-state index in [4.69, 9.17) is 0 Å². The molecule has 1 aliphatic rings. The van der Waals surface area contributed by atoms with Crippen LogP contribution in [0.15, 0.2) is 60.0 Å². The Balaban J connectivity index is 2.15. The molecule has 2 aromatic rings. The number of Topliss-reactive ketones (excluding diaryl/α,β-unsaturated/α-hetero) is 1. The van der Waals surface area contributed by atoms with Crippen LogP contribution in [0.4, 0.5) is 5.69 Å². The Morgan fingerprint density at radius 2 is 1.75 bits per heavy atom. The number of hydrogen-bond donors (Lipinski definition) is 1. The van der Waals surface area contributed by atoms with E-state index < -0.39 is 23.1 Å². The number of aliphatic hydroxyl groups excluding tert-OH is 1.